The van der Waals surface area contributed by atoms with E-state index < -0.39 is 0 Å². The molecule has 18 heavy (non-hydrogen) atoms. The van der Waals surface area contributed by atoms with Crippen LogP contribution in [0.15, 0.2) is 6.20 Å². The van der Waals surface area contributed by atoms with Crippen LogP contribution in [-0.4, -0.2) is 41.0 Å². The van der Waals surface area contributed by atoms with E-state index in [1.165, 1.54) is 25.0 Å². The van der Waals surface area contributed by atoms with Crippen LogP contribution >= 0.6 is 0 Å². The van der Waals surface area contributed by atoms with Gasteiger partial charge in [0, 0.05) is 44.0 Å². The summed E-state index contributed by atoms with van der Waals surface area (Å²) in [5, 5.41) is 3.41. The number of imidazole rings is 1. The molecule has 1 aliphatic carbocycles. The van der Waals surface area contributed by atoms with Crippen LogP contribution in [0, 0.1) is 0 Å². The molecule has 2 aliphatic rings. The zero-order valence-electron chi connectivity index (χ0n) is 11.5. The SMILES string of the molecule is CC(C)(c1ncc(C2CCC2)[nH]1)N1CCNCC1. The van der Waals surface area contributed by atoms with Crippen molar-refractivity contribution in [2.24, 2.45) is 0 Å². The number of aromatic amines is 1. The van der Waals surface area contributed by atoms with Gasteiger partial charge in [-0.3, -0.25) is 4.90 Å². The quantitative estimate of drug-likeness (QED) is 0.857. The second-order valence-electron chi connectivity index (χ2n) is 6.11. The average molecular weight is 248 g/mol. The molecule has 0 aromatic carbocycles. The van der Waals surface area contributed by atoms with Crippen LogP contribution in [0.25, 0.3) is 0 Å². The molecule has 2 N–H and O–H groups in total. The van der Waals surface area contributed by atoms with Gasteiger partial charge in [-0.05, 0) is 26.7 Å². The molecule has 0 bridgehead atoms. The van der Waals surface area contributed by atoms with Gasteiger partial charge in [0.1, 0.15) is 5.82 Å². The first-order chi connectivity index (χ1) is 8.68. The van der Waals surface area contributed by atoms with E-state index in [-0.39, 0.29) is 5.54 Å². The highest BCUT2D eigenvalue weighted by atomic mass is 15.3. The van der Waals surface area contributed by atoms with E-state index in [2.05, 4.69) is 40.2 Å². The number of aromatic nitrogens is 2. The molecule has 1 aromatic rings. The summed E-state index contributed by atoms with van der Waals surface area (Å²) in [6.07, 6.45) is 6.09. The maximum absolute atomic E-state index is 4.65. The monoisotopic (exact) mass is 248 g/mol. The molecule has 0 unspecified atom stereocenters. The normalized spacial score (nSPS) is 23.0. The number of H-pyrrole nitrogens is 1. The highest BCUT2D eigenvalue weighted by molar-refractivity contribution is 5.15. The van der Waals surface area contributed by atoms with Crippen LogP contribution in [0.5, 0.6) is 0 Å². The van der Waals surface area contributed by atoms with Gasteiger partial charge in [0.2, 0.25) is 0 Å². The molecule has 1 saturated heterocycles. The summed E-state index contributed by atoms with van der Waals surface area (Å²) >= 11 is 0. The van der Waals surface area contributed by atoms with Crippen molar-refractivity contribution in [3.63, 3.8) is 0 Å². The fraction of sp³-hybridized carbons (Fsp3) is 0.786. The van der Waals surface area contributed by atoms with Gasteiger partial charge in [0.05, 0.1) is 5.54 Å². The van der Waals surface area contributed by atoms with Crippen LogP contribution in [-0.2, 0) is 5.54 Å². The first-order valence-electron chi connectivity index (χ1n) is 7.19. The lowest BCUT2D eigenvalue weighted by atomic mass is 9.83. The van der Waals surface area contributed by atoms with E-state index in [4.69, 9.17) is 0 Å². The summed E-state index contributed by atoms with van der Waals surface area (Å²) < 4.78 is 0. The van der Waals surface area contributed by atoms with Gasteiger partial charge in [-0.1, -0.05) is 6.42 Å². The summed E-state index contributed by atoms with van der Waals surface area (Å²) in [5.41, 5.74) is 1.36. The highest BCUT2D eigenvalue weighted by Crippen LogP contribution is 2.36. The number of rotatable bonds is 3. The molecule has 0 radical (unpaired) electrons. The van der Waals surface area contributed by atoms with Crippen LogP contribution in [0.4, 0.5) is 0 Å². The molecular weight excluding hydrogens is 224 g/mol. The van der Waals surface area contributed by atoms with Gasteiger partial charge >= 0.3 is 0 Å². The maximum Gasteiger partial charge on any atom is 0.126 e. The minimum atomic E-state index is 0.0180. The lowest BCUT2D eigenvalue weighted by Gasteiger charge is -2.39. The predicted molar refractivity (Wildman–Crippen MR) is 72.6 cm³/mol. The molecule has 1 aromatic heterocycles. The van der Waals surface area contributed by atoms with Gasteiger partial charge in [-0.2, -0.15) is 0 Å². The van der Waals surface area contributed by atoms with Gasteiger partial charge in [0.25, 0.3) is 0 Å². The summed E-state index contributed by atoms with van der Waals surface area (Å²) in [4.78, 5) is 10.7. The van der Waals surface area contributed by atoms with Gasteiger partial charge in [0.15, 0.2) is 0 Å². The van der Waals surface area contributed by atoms with Crippen LogP contribution in [0.3, 0.4) is 0 Å². The Morgan fingerprint density at radius 3 is 2.61 bits per heavy atom. The van der Waals surface area contributed by atoms with Gasteiger partial charge in [-0.15, -0.1) is 0 Å². The Balaban J connectivity index is 1.76. The van der Waals surface area contributed by atoms with E-state index in [9.17, 15) is 0 Å². The molecule has 100 valence electrons. The summed E-state index contributed by atoms with van der Waals surface area (Å²) in [6, 6.07) is 0. The van der Waals surface area contributed by atoms with Crippen molar-refractivity contribution in [3.8, 4) is 0 Å². The minimum absolute atomic E-state index is 0.0180. The summed E-state index contributed by atoms with van der Waals surface area (Å²) in [5.74, 6) is 1.87. The third-order valence-corrected chi connectivity index (χ3v) is 4.63. The average Bonchev–Trinajstić information content (AvgIpc) is 2.78. The smallest absolute Gasteiger partial charge is 0.126 e. The van der Waals surface area contributed by atoms with Crippen molar-refractivity contribution in [2.45, 2.75) is 44.6 Å². The Bertz CT molecular complexity index is 400. The number of hydrogen-bond donors (Lipinski definition) is 2. The standard InChI is InChI=1S/C14H24N4/c1-14(2,18-8-6-15-7-9-18)13-16-10-12(17-13)11-4-3-5-11/h10-11,15H,3-9H2,1-2H3,(H,16,17). The maximum atomic E-state index is 4.65. The number of hydrogen-bond acceptors (Lipinski definition) is 3. The molecule has 2 heterocycles. The Hall–Kier alpha value is -0.870. The lowest BCUT2D eigenvalue weighted by Crippen LogP contribution is -2.52. The first-order valence-corrected chi connectivity index (χ1v) is 7.19. The zero-order chi connectivity index (χ0) is 12.6. The van der Waals surface area contributed by atoms with Crippen molar-refractivity contribution in [1.82, 2.24) is 20.2 Å². The van der Waals surface area contributed by atoms with Crippen molar-refractivity contribution in [1.29, 1.82) is 0 Å². The fourth-order valence-corrected chi connectivity index (χ4v) is 2.95. The fourth-order valence-electron chi connectivity index (χ4n) is 2.95. The number of nitrogens with one attached hydrogen (secondary N) is 2. The second kappa shape index (κ2) is 4.67. The van der Waals surface area contributed by atoms with Crippen LogP contribution < -0.4 is 5.32 Å². The summed E-state index contributed by atoms with van der Waals surface area (Å²) in [6.45, 7) is 8.93. The predicted octanol–water partition coefficient (Wildman–Crippen LogP) is 1.82. The Kier molecular flexibility index (Phi) is 3.16. The van der Waals surface area contributed by atoms with Gasteiger partial charge < -0.3 is 10.3 Å². The molecule has 3 rings (SSSR count). The van der Waals surface area contributed by atoms with Gasteiger partial charge in [-0.25, -0.2) is 4.98 Å². The third kappa shape index (κ3) is 2.08. The molecule has 2 fully saturated rings. The van der Waals surface area contributed by atoms with E-state index in [0.29, 0.717) is 0 Å². The molecule has 1 saturated carbocycles. The minimum Gasteiger partial charge on any atom is -0.344 e. The van der Waals surface area contributed by atoms with Crippen molar-refractivity contribution >= 4 is 0 Å². The largest absolute Gasteiger partial charge is 0.344 e. The van der Waals surface area contributed by atoms with E-state index >= 15 is 0 Å². The second-order valence-corrected chi connectivity index (χ2v) is 6.11. The molecule has 0 amide bonds. The molecular formula is C14H24N4. The lowest BCUT2D eigenvalue weighted by molar-refractivity contribution is 0.0954. The number of piperazine rings is 1. The topological polar surface area (TPSA) is 44.0 Å². The highest BCUT2D eigenvalue weighted by Gasteiger charge is 2.33. The van der Waals surface area contributed by atoms with Crippen LogP contribution in [0.1, 0.15) is 50.5 Å². The molecule has 4 heteroatoms. The third-order valence-electron chi connectivity index (χ3n) is 4.63. The van der Waals surface area contributed by atoms with E-state index in [1.54, 1.807) is 0 Å². The van der Waals surface area contributed by atoms with E-state index in [1.807, 2.05) is 0 Å². The first kappa shape index (κ1) is 12.2. The number of nitrogens with zero attached hydrogens (tertiary/aromatic N) is 2. The Morgan fingerprint density at radius 2 is 2.00 bits per heavy atom. The Morgan fingerprint density at radius 1 is 1.28 bits per heavy atom. The van der Waals surface area contributed by atoms with Crippen molar-refractivity contribution in [2.75, 3.05) is 26.2 Å². The van der Waals surface area contributed by atoms with Crippen molar-refractivity contribution in [3.05, 3.63) is 17.7 Å². The van der Waals surface area contributed by atoms with E-state index in [0.717, 1.165) is 37.9 Å². The molecule has 0 spiro atoms. The molecule has 0 atom stereocenters. The molecule has 4 nitrogen and oxygen atoms in total. The summed E-state index contributed by atoms with van der Waals surface area (Å²) in [7, 11) is 0. The zero-order valence-corrected chi connectivity index (χ0v) is 11.5. The molecule has 1 aliphatic heterocycles. The van der Waals surface area contributed by atoms with Crippen molar-refractivity contribution < 1.29 is 0 Å². The van der Waals surface area contributed by atoms with Crippen LogP contribution in [0.2, 0.25) is 0 Å². The Labute approximate surface area is 109 Å².